The third-order valence-electron chi connectivity index (χ3n) is 3.94. The van der Waals surface area contributed by atoms with Gasteiger partial charge in [-0.3, -0.25) is 0 Å². The molecule has 19 heavy (non-hydrogen) atoms. The van der Waals surface area contributed by atoms with Crippen LogP contribution in [0.1, 0.15) is 62.2 Å². The molecule has 2 rings (SSSR count). The second-order valence-electron chi connectivity index (χ2n) is 6.98. The standard InChI is InChI=1S/C15H26N2OS/c1-10(16-8-15(9-18)6-7-15)12-11(2)17-13(19-12)14(3,4)5/h10,16,18H,6-9H2,1-5H3. The molecule has 0 spiro atoms. The Morgan fingerprint density at radius 3 is 2.47 bits per heavy atom. The van der Waals surface area contributed by atoms with Crippen molar-refractivity contribution >= 4 is 11.3 Å². The van der Waals surface area contributed by atoms with E-state index < -0.39 is 0 Å². The molecule has 1 unspecified atom stereocenters. The summed E-state index contributed by atoms with van der Waals surface area (Å²) in [5.41, 5.74) is 1.43. The maximum Gasteiger partial charge on any atom is 0.0985 e. The van der Waals surface area contributed by atoms with Gasteiger partial charge in [-0.05, 0) is 26.7 Å². The Labute approximate surface area is 120 Å². The van der Waals surface area contributed by atoms with Gasteiger partial charge in [0.2, 0.25) is 0 Å². The molecule has 0 radical (unpaired) electrons. The van der Waals surface area contributed by atoms with Crippen LogP contribution in [-0.4, -0.2) is 23.2 Å². The van der Waals surface area contributed by atoms with Crippen molar-refractivity contribution in [2.24, 2.45) is 5.41 Å². The first-order chi connectivity index (χ1) is 8.77. The predicted molar refractivity (Wildman–Crippen MR) is 80.7 cm³/mol. The number of nitrogens with one attached hydrogen (secondary N) is 1. The maximum absolute atomic E-state index is 9.36. The lowest BCUT2D eigenvalue weighted by Crippen LogP contribution is -2.28. The van der Waals surface area contributed by atoms with Crippen molar-refractivity contribution in [2.45, 2.75) is 58.9 Å². The third-order valence-corrected chi connectivity index (χ3v) is 5.71. The van der Waals surface area contributed by atoms with Gasteiger partial charge in [-0.25, -0.2) is 4.98 Å². The Kier molecular flexibility index (Phi) is 4.05. The Bertz CT molecular complexity index is 443. The minimum Gasteiger partial charge on any atom is -0.396 e. The van der Waals surface area contributed by atoms with E-state index >= 15 is 0 Å². The fourth-order valence-corrected chi connectivity index (χ4v) is 3.31. The summed E-state index contributed by atoms with van der Waals surface area (Å²) in [4.78, 5) is 6.04. The number of aliphatic hydroxyl groups is 1. The summed E-state index contributed by atoms with van der Waals surface area (Å²) in [5.74, 6) is 0. The Balaban J connectivity index is 2.03. The van der Waals surface area contributed by atoms with Gasteiger partial charge in [-0.15, -0.1) is 11.3 Å². The second-order valence-corrected chi connectivity index (χ2v) is 8.01. The van der Waals surface area contributed by atoms with Gasteiger partial charge in [0.05, 0.1) is 10.7 Å². The van der Waals surface area contributed by atoms with E-state index in [-0.39, 0.29) is 10.8 Å². The van der Waals surface area contributed by atoms with E-state index in [1.165, 1.54) is 9.88 Å². The molecule has 1 aromatic heterocycles. The van der Waals surface area contributed by atoms with Crippen LogP contribution in [0, 0.1) is 12.3 Å². The number of aromatic nitrogens is 1. The van der Waals surface area contributed by atoms with Crippen LogP contribution in [0.2, 0.25) is 0 Å². The van der Waals surface area contributed by atoms with Crippen LogP contribution in [0.5, 0.6) is 0 Å². The Morgan fingerprint density at radius 2 is 2.05 bits per heavy atom. The minimum absolute atomic E-state index is 0.121. The van der Waals surface area contributed by atoms with Crippen molar-refractivity contribution in [1.82, 2.24) is 10.3 Å². The molecule has 1 saturated carbocycles. The molecule has 0 aromatic carbocycles. The molecule has 3 nitrogen and oxygen atoms in total. The van der Waals surface area contributed by atoms with E-state index in [0.717, 1.165) is 25.1 Å². The van der Waals surface area contributed by atoms with Crippen molar-refractivity contribution in [3.63, 3.8) is 0 Å². The molecule has 1 aliphatic rings. The van der Waals surface area contributed by atoms with Gasteiger partial charge in [0.1, 0.15) is 0 Å². The highest BCUT2D eigenvalue weighted by atomic mass is 32.1. The summed E-state index contributed by atoms with van der Waals surface area (Å²) in [6.07, 6.45) is 2.30. The van der Waals surface area contributed by atoms with Gasteiger partial charge in [-0.1, -0.05) is 20.8 Å². The highest BCUT2D eigenvalue weighted by Gasteiger charge is 2.41. The summed E-state index contributed by atoms with van der Waals surface area (Å²) in [5, 5.41) is 14.1. The lowest BCUT2D eigenvalue weighted by molar-refractivity contribution is 0.205. The SMILES string of the molecule is Cc1nc(C(C)(C)C)sc1C(C)NCC1(CO)CC1. The molecule has 0 bridgehead atoms. The van der Waals surface area contributed by atoms with E-state index in [1.807, 2.05) is 11.3 Å². The number of hydrogen-bond acceptors (Lipinski definition) is 4. The van der Waals surface area contributed by atoms with E-state index in [0.29, 0.717) is 12.6 Å². The van der Waals surface area contributed by atoms with Crippen LogP contribution in [0.3, 0.4) is 0 Å². The van der Waals surface area contributed by atoms with Crippen molar-refractivity contribution < 1.29 is 5.11 Å². The highest BCUT2D eigenvalue weighted by molar-refractivity contribution is 7.12. The molecule has 1 heterocycles. The molecule has 108 valence electrons. The lowest BCUT2D eigenvalue weighted by Gasteiger charge is -2.18. The largest absolute Gasteiger partial charge is 0.396 e. The average Bonchev–Trinajstić information content (AvgIpc) is 3.00. The molecule has 0 amide bonds. The number of aryl methyl sites for hydroxylation is 1. The highest BCUT2D eigenvalue weighted by Crippen LogP contribution is 2.44. The van der Waals surface area contributed by atoms with Gasteiger partial charge >= 0.3 is 0 Å². The summed E-state index contributed by atoms with van der Waals surface area (Å²) >= 11 is 1.82. The first kappa shape index (κ1) is 14.9. The average molecular weight is 282 g/mol. The first-order valence-electron chi connectivity index (χ1n) is 7.09. The van der Waals surface area contributed by atoms with Crippen molar-refractivity contribution in [2.75, 3.05) is 13.2 Å². The molecule has 0 saturated heterocycles. The van der Waals surface area contributed by atoms with Crippen LogP contribution in [0.15, 0.2) is 0 Å². The zero-order chi connectivity index (χ0) is 14.3. The van der Waals surface area contributed by atoms with Gasteiger partial charge in [0.15, 0.2) is 0 Å². The summed E-state index contributed by atoms with van der Waals surface area (Å²) in [7, 11) is 0. The second kappa shape index (κ2) is 5.15. The van der Waals surface area contributed by atoms with Gasteiger partial charge in [0, 0.05) is 34.9 Å². The van der Waals surface area contributed by atoms with Crippen molar-refractivity contribution in [1.29, 1.82) is 0 Å². The monoisotopic (exact) mass is 282 g/mol. The minimum atomic E-state index is 0.121. The molecular weight excluding hydrogens is 256 g/mol. The van der Waals surface area contributed by atoms with Gasteiger partial charge < -0.3 is 10.4 Å². The molecule has 2 N–H and O–H groups in total. The zero-order valence-corrected chi connectivity index (χ0v) is 13.5. The van der Waals surface area contributed by atoms with Gasteiger partial charge in [0.25, 0.3) is 0 Å². The fraction of sp³-hybridized carbons (Fsp3) is 0.800. The molecule has 1 aliphatic carbocycles. The van der Waals surface area contributed by atoms with Crippen LogP contribution in [-0.2, 0) is 5.41 Å². The number of hydrogen-bond donors (Lipinski definition) is 2. The summed E-state index contributed by atoms with van der Waals surface area (Å²) in [6.45, 7) is 12.1. The Morgan fingerprint density at radius 1 is 1.42 bits per heavy atom. The molecule has 1 fully saturated rings. The Hall–Kier alpha value is -0.450. The fourth-order valence-electron chi connectivity index (χ4n) is 2.16. The number of aliphatic hydroxyl groups excluding tert-OH is 1. The van der Waals surface area contributed by atoms with Crippen LogP contribution >= 0.6 is 11.3 Å². The van der Waals surface area contributed by atoms with E-state index in [1.54, 1.807) is 0 Å². The van der Waals surface area contributed by atoms with Gasteiger partial charge in [-0.2, -0.15) is 0 Å². The number of rotatable bonds is 5. The van der Waals surface area contributed by atoms with E-state index in [9.17, 15) is 5.11 Å². The van der Waals surface area contributed by atoms with Crippen molar-refractivity contribution in [3.05, 3.63) is 15.6 Å². The summed E-state index contributed by atoms with van der Waals surface area (Å²) < 4.78 is 0. The normalized spacial score (nSPS) is 19.5. The molecule has 4 heteroatoms. The van der Waals surface area contributed by atoms with Crippen LogP contribution < -0.4 is 5.32 Å². The first-order valence-corrected chi connectivity index (χ1v) is 7.91. The topological polar surface area (TPSA) is 45.2 Å². The van der Waals surface area contributed by atoms with Crippen LogP contribution in [0.4, 0.5) is 0 Å². The lowest BCUT2D eigenvalue weighted by atomic mass is 9.98. The molecule has 1 aromatic rings. The smallest absolute Gasteiger partial charge is 0.0985 e. The quantitative estimate of drug-likeness (QED) is 0.872. The molecule has 1 atom stereocenters. The molecular formula is C15H26N2OS. The number of nitrogens with zero attached hydrogens (tertiary/aromatic N) is 1. The maximum atomic E-state index is 9.36. The molecule has 0 aliphatic heterocycles. The van der Waals surface area contributed by atoms with E-state index in [2.05, 4.69) is 39.9 Å². The van der Waals surface area contributed by atoms with E-state index in [4.69, 9.17) is 4.98 Å². The third kappa shape index (κ3) is 3.36. The van der Waals surface area contributed by atoms with Crippen LogP contribution in [0.25, 0.3) is 0 Å². The predicted octanol–water partition coefficient (Wildman–Crippen LogP) is 3.17. The van der Waals surface area contributed by atoms with Crippen molar-refractivity contribution in [3.8, 4) is 0 Å². The zero-order valence-electron chi connectivity index (χ0n) is 12.7. The number of thiazole rings is 1. The summed E-state index contributed by atoms with van der Waals surface area (Å²) in [6, 6.07) is 0.317.